The average Bonchev–Trinajstić information content (AvgIpc) is 2.67. The van der Waals surface area contributed by atoms with E-state index in [1.54, 1.807) is 0 Å². The van der Waals surface area contributed by atoms with Gasteiger partial charge in [0, 0.05) is 17.4 Å². The molecule has 0 saturated heterocycles. The number of carbonyl (C=O) groups is 1. The maximum atomic E-state index is 10.2. The van der Waals surface area contributed by atoms with Crippen LogP contribution in [0.2, 0.25) is 0 Å². The molecule has 1 heterocycles. The van der Waals surface area contributed by atoms with E-state index in [-0.39, 0.29) is 0 Å². The van der Waals surface area contributed by atoms with Crippen LogP contribution in [0.1, 0.15) is 6.42 Å². The third kappa shape index (κ3) is 2.36. The van der Waals surface area contributed by atoms with Crippen LogP contribution in [0.25, 0.3) is 0 Å². The highest BCUT2D eigenvalue weighted by atomic mass is 79.9. The Morgan fingerprint density at radius 1 is 1.53 bits per heavy atom. The van der Waals surface area contributed by atoms with Crippen molar-refractivity contribution in [2.45, 2.75) is 6.42 Å². The largest absolute Gasteiger partial charge is 0.315 e. The van der Waals surface area contributed by atoms with Crippen LogP contribution in [-0.2, 0) is 4.79 Å². The summed E-state index contributed by atoms with van der Waals surface area (Å²) in [6.07, 6.45) is 1.43. The summed E-state index contributed by atoms with van der Waals surface area (Å²) in [4.78, 5) is 10.2. The topological polar surface area (TPSA) is 44.7 Å². The first-order valence-corrected chi connectivity index (χ1v) is 5.39. The van der Waals surface area contributed by atoms with E-state index in [2.05, 4.69) is 26.3 Å². The van der Waals surface area contributed by atoms with Gasteiger partial charge in [-0.05, 0) is 18.2 Å². The number of rotatable bonds is 2. The summed E-state index contributed by atoms with van der Waals surface area (Å²) in [5, 5.41) is 8.72. The van der Waals surface area contributed by atoms with Crippen LogP contribution >= 0.6 is 15.9 Å². The smallest absolute Gasteiger partial charge is 0.212 e. The molecule has 0 saturated carbocycles. The zero-order chi connectivity index (χ0) is 10.7. The molecular formula is C10H10BrN3O. The van der Waals surface area contributed by atoms with Gasteiger partial charge in [0.05, 0.1) is 5.69 Å². The van der Waals surface area contributed by atoms with E-state index < -0.39 is 0 Å². The predicted molar refractivity (Wildman–Crippen MR) is 62.7 cm³/mol. The van der Waals surface area contributed by atoms with Crippen molar-refractivity contribution in [2.75, 3.05) is 11.6 Å². The van der Waals surface area contributed by atoms with Gasteiger partial charge >= 0.3 is 0 Å². The quantitative estimate of drug-likeness (QED) is 0.830. The van der Waals surface area contributed by atoms with Crippen LogP contribution in [-0.4, -0.2) is 18.8 Å². The number of carbonyl (C=O) groups excluding carboxylic acids is 1. The molecular weight excluding hydrogens is 258 g/mol. The summed E-state index contributed by atoms with van der Waals surface area (Å²) in [6.45, 7) is 0.798. The van der Waals surface area contributed by atoms with Crippen LogP contribution in [0.4, 0.5) is 5.69 Å². The summed E-state index contributed by atoms with van der Waals surface area (Å²) in [5.41, 5.74) is 1.02. The second-order valence-corrected chi connectivity index (χ2v) is 4.08. The van der Waals surface area contributed by atoms with Crippen molar-refractivity contribution in [2.24, 2.45) is 5.10 Å². The molecule has 1 aromatic carbocycles. The fourth-order valence-electron chi connectivity index (χ4n) is 1.45. The van der Waals surface area contributed by atoms with Crippen LogP contribution in [0.3, 0.4) is 0 Å². The number of nitrogens with zero attached hydrogens (tertiary/aromatic N) is 2. The Morgan fingerprint density at radius 2 is 2.40 bits per heavy atom. The molecule has 4 nitrogen and oxygen atoms in total. The Labute approximate surface area is 96.1 Å². The molecule has 0 aromatic heterocycles. The van der Waals surface area contributed by atoms with Gasteiger partial charge in [0.2, 0.25) is 6.41 Å². The van der Waals surface area contributed by atoms with Crippen molar-refractivity contribution >= 4 is 33.9 Å². The fraction of sp³-hybridized carbons (Fsp3) is 0.200. The van der Waals surface area contributed by atoms with Gasteiger partial charge in [0.15, 0.2) is 0 Å². The van der Waals surface area contributed by atoms with Crippen LogP contribution < -0.4 is 10.3 Å². The van der Waals surface area contributed by atoms with Crippen LogP contribution in [0, 0.1) is 0 Å². The zero-order valence-electron chi connectivity index (χ0n) is 7.98. The third-order valence-corrected chi connectivity index (χ3v) is 2.63. The Morgan fingerprint density at radius 3 is 3.13 bits per heavy atom. The Bertz CT molecular complexity index is 405. The molecule has 0 fully saturated rings. The van der Waals surface area contributed by atoms with E-state index >= 15 is 0 Å². The average molecular weight is 268 g/mol. The lowest BCUT2D eigenvalue weighted by molar-refractivity contribution is -0.108. The third-order valence-electron chi connectivity index (χ3n) is 2.13. The van der Waals surface area contributed by atoms with Gasteiger partial charge in [-0.25, -0.2) is 0 Å². The van der Waals surface area contributed by atoms with Crippen molar-refractivity contribution in [1.29, 1.82) is 0 Å². The van der Waals surface area contributed by atoms with Gasteiger partial charge in [-0.15, -0.1) is 0 Å². The van der Waals surface area contributed by atoms with Gasteiger partial charge in [-0.1, -0.05) is 22.0 Å². The second kappa shape index (κ2) is 4.44. The Kier molecular flexibility index (Phi) is 3.01. The van der Waals surface area contributed by atoms with E-state index in [0.717, 1.165) is 23.1 Å². The molecule has 1 aliphatic heterocycles. The maximum Gasteiger partial charge on any atom is 0.212 e. The monoisotopic (exact) mass is 267 g/mol. The standard InChI is InChI=1S/C10H10BrN3O/c11-8-2-1-3-9(6-8)14-5-4-10(13-14)12-7-15/h1-3,6-7H,4-5H2,(H,12,13,15). The van der Waals surface area contributed by atoms with Crippen molar-refractivity contribution in [3.8, 4) is 0 Å². The first-order valence-electron chi connectivity index (χ1n) is 4.60. The van der Waals surface area contributed by atoms with Crippen molar-refractivity contribution in [1.82, 2.24) is 5.32 Å². The first-order chi connectivity index (χ1) is 7.29. The molecule has 0 spiro atoms. The molecule has 0 aliphatic carbocycles. The number of benzene rings is 1. The number of anilines is 1. The maximum absolute atomic E-state index is 10.2. The second-order valence-electron chi connectivity index (χ2n) is 3.16. The molecule has 15 heavy (non-hydrogen) atoms. The number of nitrogens with one attached hydrogen (secondary N) is 1. The molecule has 2 rings (SSSR count). The highest BCUT2D eigenvalue weighted by molar-refractivity contribution is 9.10. The van der Waals surface area contributed by atoms with E-state index in [0.29, 0.717) is 12.2 Å². The minimum absolute atomic E-state index is 0.656. The number of hydrogen-bond acceptors (Lipinski definition) is 3. The lowest BCUT2D eigenvalue weighted by Gasteiger charge is -2.12. The van der Waals surface area contributed by atoms with E-state index in [9.17, 15) is 4.79 Å². The Hall–Kier alpha value is -1.36. The number of amides is 1. The summed E-state index contributed by atoms with van der Waals surface area (Å²) >= 11 is 3.41. The van der Waals surface area contributed by atoms with E-state index in [1.807, 2.05) is 29.3 Å². The molecule has 1 aliphatic rings. The summed E-state index contributed by atoms with van der Waals surface area (Å²) < 4.78 is 1.02. The summed E-state index contributed by atoms with van der Waals surface area (Å²) in [7, 11) is 0. The molecule has 0 bridgehead atoms. The molecule has 1 amide bonds. The van der Waals surface area contributed by atoms with Crippen molar-refractivity contribution < 1.29 is 4.79 Å². The highest BCUT2D eigenvalue weighted by Crippen LogP contribution is 2.22. The SMILES string of the molecule is O=CNC1=NN(c2cccc(Br)c2)CC1. The Balaban J connectivity index is 2.16. The highest BCUT2D eigenvalue weighted by Gasteiger charge is 2.15. The molecule has 0 atom stereocenters. The van der Waals surface area contributed by atoms with Gasteiger partial charge in [0.1, 0.15) is 5.84 Å². The van der Waals surface area contributed by atoms with E-state index in [4.69, 9.17) is 0 Å². The van der Waals surface area contributed by atoms with Crippen LogP contribution in [0.5, 0.6) is 0 Å². The first kappa shape index (κ1) is 10.2. The van der Waals surface area contributed by atoms with Crippen molar-refractivity contribution in [3.63, 3.8) is 0 Å². The molecule has 1 aromatic rings. The minimum atomic E-state index is 0.656. The van der Waals surface area contributed by atoms with Gasteiger partial charge in [-0.2, -0.15) is 5.10 Å². The molecule has 78 valence electrons. The summed E-state index contributed by atoms with van der Waals surface area (Å²) in [5.74, 6) is 0.713. The van der Waals surface area contributed by atoms with E-state index in [1.165, 1.54) is 0 Å². The zero-order valence-corrected chi connectivity index (χ0v) is 9.57. The lowest BCUT2D eigenvalue weighted by atomic mass is 10.3. The fourth-order valence-corrected chi connectivity index (χ4v) is 1.84. The normalized spacial score (nSPS) is 15.0. The molecule has 0 radical (unpaired) electrons. The van der Waals surface area contributed by atoms with Gasteiger partial charge in [0.25, 0.3) is 0 Å². The number of hydrazone groups is 1. The van der Waals surface area contributed by atoms with Gasteiger partial charge < -0.3 is 5.32 Å². The van der Waals surface area contributed by atoms with Gasteiger partial charge in [-0.3, -0.25) is 9.80 Å². The number of hydrogen-bond donors (Lipinski definition) is 1. The molecule has 0 unspecified atom stereocenters. The minimum Gasteiger partial charge on any atom is -0.315 e. The summed E-state index contributed by atoms with van der Waals surface area (Å²) in [6, 6.07) is 7.90. The van der Waals surface area contributed by atoms with Crippen molar-refractivity contribution in [3.05, 3.63) is 28.7 Å². The molecule has 5 heteroatoms. The number of halogens is 1. The lowest BCUT2D eigenvalue weighted by Crippen LogP contribution is -2.18. The predicted octanol–water partition coefficient (Wildman–Crippen LogP) is 1.72. The number of amidine groups is 1. The van der Waals surface area contributed by atoms with Crippen LogP contribution in [0.15, 0.2) is 33.8 Å². The molecule has 1 N–H and O–H groups in total.